The second kappa shape index (κ2) is 14.4. The summed E-state index contributed by atoms with van der Waals surface area (Å²) in [6, 6.07) is 7.34. The minimum atomic E-state index is -1.14. The maximum Gasteiger partial charge on any atom is 0.337 e. The van der Waals surface area contributed by atoms with E-state index in [4.69, 9.17) is 23.7 Å². The molecule has 216 valence electrons. The summed E-state index contributed by atoms with van der Waals surface area (Å²) in [4.78, 5) is 24.5. The van der Waals surface area contributed by atoms with Crippen molar-refractivity contribution in [1.29, 1.82) is 0 Å². The zero-order chi connectivity index (χ0) is 29.2. The summed E-state index contributed by atoms with van der Waals surface area (Å²) in [5.41, 5.74) is 4.57. The van der Waals surface area contributed by atoms with Crippen LogP contribution in [0.15, 0.2) is 51.2 Å². The van der Waals surface area contributed by atoms with Gasteiger partial charge in [-0.1, -0.05) is 6.07 Å². The van der Waals surface area contributed by atoms with E-state index in [1.54, 1.807) is 44.4 Å². The number of benzene rings is 2. The normalized spacial score (nSPS) is 15.7. The standard InChI is InChI=1S/C27H33BrN4O8/c1-6-38-21-10-16(25-24(26(34)37-5)15(3)30-27(35)31-25)8-9-19(21)40-14-23(33)32-29-13-17-11-20(36-4)22(39-7-2)12-18(17)28/h8-13,23,25,32-33H,6-7,14H2,1-5H3,(H2,30,31,35)/b29-13-/t23-,25+/m0/s1. The number of hydrogen-bond donors (Lipinski definition) is 4. The van der Waals surface area contributed by atoms with Crippen molar-refractivity contribution >= 4 is 34.1 Å². The Bertz CT molecular complexity index is 1280. The van der Waals surface area contributed by atoms with Gasteiger partial charge in [0.25, 0.3) is 0 Å². The molecule has 2 atom stereocenters. The highest BCUT2D eigenvalue weighted by Crippen LogP contribution is 2.35. The highest BCUT2D eigenvalue weighted by Gasteiger charge is 2.32. The van der Waals surface area contributed by atoms with E-state index >= 15 is 0 Å². The van der Waals surface area contributed by atoms with Gasteiger partial charge in [0.2, 0.25) is 0 Å². The molecule has 2 amide bonds. The fourth-order valence-corrected chi connectivity index (χ4v) is 4.32. The van der Waals surface area contributed by atoms with Gasteiger partial charge in [0.1, 0.15) is 6.61 Å². The van der Waals surface area contributed by atoms with Crippen LogP contribution in [0.1, 0.15) is 37.9 Å². The van der Waals surface area contributed by atoms with E-state index in [0.29, 0.717) is 53.0 Å². The summed E-state index contributed by atoms with van der Waals surface area (Å²) in [6.45, 7) is 6.00. The van der Waals surface area contributed by atoms with Gasteiger partial charge < -0.3 is 39.4 Å². The first kappa shape index (κ1) is 30.6. The SMILES string of the molecule is CCOc1cc(Br)c(/C=N\N[C@@H](O)COc2ccc([C@H]3NC(=O)NC(C)=C3C(=O)OC)cc2OCC)cc1OC. The molecule has 1 heterocycles. The number of nitrogens with zero attached hydrogens (tertiary/aromatic N) is 1. The number of allylic oxidation sites excluding steroid dienone is 1. The van der Waals surface area contributed by atoms with Gasteiger partial charge in [-0.05, 0) is 66.5 Å². The van der Waals surface area contributed by atoms with Gasteiger partial charge in [0.05, 0.1) is 45.3 Å². The highest BCUT2D eigenvalue weighted by molar-refractivity contribution is 9.10. The fourth-order valence-electron chi connectivity index (χ4n) is 3.89. The Kier molecular flexibility index (Phi) is 11.0. The van der Waals surface area contributed by atoms with E-state index in [1.165, 1.54) is 13.3 Å². The molecule has 2 aromatic carbocycles. The molecule has 13 heteroatoms. The summed E-state index contributed by atoms with van der Waals surface area (Å²) in [7, 11) is 2.82. The van der Waals surface area contributed by atoms with Crippen molar-refractivity contribution < 1.29 is 38.4 Å². The van der Waals surface area contributed by atoms with Crippen LogP contribution in [-0.2, 0) is 9.53 Å². The molecule has 0 unspecified atom stereocenters. The van der Waals surface area contributed by atoms with Crippen LogP contribution < -0.4 is 35.0 Å². The van der Waals surface area contributed by atoms with Crippen LogP contribution in [0.25, 0.3) is 0 Å². The molecular formula is C27H33BrN4O8. The van der Waals surface area contributed by atoms with Gasteiger partial charge in [-0.2, -0.15) is 5.10 Å². The lowest BCUT2D eigenvalue weighted by molar-refractivity contribution is -0.136. The van der Waals surface area contributed by atoms with Gasteiger partial charge in [-0.3, -0.25) is 5.43 Å². The molecular weight excluding hydrogens is 588 g/mol. The van der Waals surface area contributed by atoms with E-state index in [-0.39, 0.29) is 12.2 Å². The number of carbonyl (C=O) groups excluding carboxylic acids is 2. The van der Waals surface area contributed by atoms with E-state index in [1.807, 2.05) is 13.8 Å². The van der Waals surface area contributed by atoms with Crippen LogP contribution in [0.2, 0.25) is 0 Å². The quantitative estimate of drug-likeness (QED) is 0.114. The summed E-state index contributed by atoms with van der Waals surface area (Å²) >= 11 is 3.48. The van der Waals surface area contributed by atoms with Crippen molar-refractivity contribution in [3.8, 4) is 23.0 Å². The second-order valence-electron chi connectivity index (χ2n) is 8.37. The minimum Gasteiger partial charge on any atom is -0.493 e. The molecule has 12 nitrogen and oxygen atoms in total. The second-order valence-corrected chi connectivity index (χ2v) is 9.23. The van der Waals surface area contributed by atoms with Crippen LogP contribution in [0, 0.1) is 0 Å². The van der Waals surface area contributed by atoms with Gasteiger partial charge in [-0.25, -0.2) is 9.59 Å². The monoisotopic (exact) mass is 620 g/mol. The number of nitrogens with one attached hydrogen (secondary N) is 3. The van der Waals surface area contributed by atoms with Crippen molar-refractivity contribution in [1.82, 2.24) is 16.1 Å². The lowest BCUT2D eigenvalue weighted by atomic mass is 9.95. The van der Waals surface area contributed by atoms with Crippen LogP contribution >= 0.6 is 15.9 Å². The molecule has 0 aliphatic carbocycles. The topological polar surface area (TPSA) is 149 Å². The van der Waals surface area contributed by atoms with Gasteiger partial charge in [-0.15, -0.1) is 0 Å². The molecule has 0 saturated carbocycles. The fraction of sp³-hybridized carbons (Fsp3) is 0.370. The largest absolute Gasteiger partial charge is 0.493 e. The number of methoxy groups -OCH3 is 2. The molecule has 0 bridgehead atoms. The molecule has 0 fully saturated rings. The number of aliphatic hydroxyl groups excluding tert-OH is 1. The Morgan fingerprint density at radius 1 is 1.10 bits per heavy atom. The van der Waals surface area contributed by atoms with Crippen molar-refractivity contribution in [2.45, 2.75) is 33.0 Å². The number of halogens is 1. The number of hydrazone groups is 1. The first-order chi connectivity index (χ1) is 19.2. The number of esters is 1. The Morgan fingerprint density at radius 2 is 1.80 bits per heavy atom. The van der Waals surface area contributed by atoms with Crippen molar-refractivity contribution in [2.24, 2.45) is 5.10 Å². The van der Waals surface area contributed by atoms with Crippen LogP contribution in [0.5, 0.6) is 23.0 Å². The van der Waals surface area contributed by atoms with Crippen molar-refractivity contribution in [3.05, 3.63) is 57.2 Å². The molecule has 4 N–H and O–H groups in total. The van der Waals surface area contributed by atoms with Crippen LogP contribution in [-0.4, -0.2) is 63.6 Å². The summed E-state index contributed by atoms with van der Waals surface area (Å²) in [5, 5.41) is 19.8. The molecule has 1 aliphatic rings. The maximum atomic E-state index is 12.4. The van der Waals surface area contributed by atoms with Crippen molar-refractivity contribution in [2.75, 3.05) is 34.0 Å². The van der Waals surface area contributed by atoms with E-state index in [2.05, 4.69) is 37.1 Å². The Labute approximate surface area is 240 Å². The Morgan fingerprint density at radius 3 is 2.45 bits per heavy atom. The summed E-state index contributed by atoms with van der Waals surface area (Å²) < 4.78 is 28.1. The number of rotatable bonds is 13. The summed E-state index contributed by atoms with van der Waals surface area (Å²) in [6.07, 6.45) is 0.377. The molecule has 0 saturated heterocycles. The lowest BCUT2D eigenvalue weighted by Crippen LogP contribution is -2.45. The smallest absolute Gasteiger partial charge is 0.337 e. The molecule has 0 aromatic heterocycles. The van der Waals surface area contributed by atoms with Gasteiger partial charge in [0, 0.05) is 15.7 Å². The maximum absolute atomic E-state index is 12.4. The molecule has 1 aliphatic heterocycles. The Hall–Kier alpha value is -3.97. The molecule has 3 rings (SSSR count). The van der Waals surface area contributed by atoms with E-state index in [0.717, 1.165) is 4.47 Å². The van der Waals surface area contributed by atoms with E-state index < -0.39 is 24.3 Å². The number of aliphatic hydroxyl groups is 1. The predicted molar refractivity (Wildman–Crippen MR) is 151 cm³/mol. The number of carbonyl (C=O) groups is 2. The zero-order valence-corrected chi connectivity index (χ0v) is 24.5. The van der Waals surface area contributed by atoms with Crippen molar-refractivity contribution in [3.63, 3.8) is 0 Å². The molecule has 0 radical (unpaired) electrons. The van der Waals surface area contributed by atoms with Gasteiger partial charge >= 0.3 is 12.0 Å². The highest BCUT2D eigenvalue weighted by atomic mass is 79.9. The van der Waals surface area contributed by atoms with Crippen LogP contribution in [0.3, 0.4) is 0 Å². The number of hydrogen-bond acceptors (Lipinski definition) is 10. The van der Waals surface area contributed by atoms with Crippen LogP contribution in [0.4, 0.5) is 4.79 Å². The molecule has 40 heavy (non-hydrogen) atoms. The number of amides is 2. The van der Waals surface area contributed by atoms with E-state index in [9.17, 15) is 14.7 Å². The molecule has 0 spiro atoms. The minimum absolute atomic E-state index is 0.152. The lowest BCUT2D eigenvalue weighted by Gasteiger charge is -2.28. The zero-order valence-electron chi connectivity index (χ0n) is 22.9. The first-order valence-corrected chi connectivity index (χ1v) is 13.2. The number of ether oxygens (including phenoxy) is 5. The van der Waals surface area contributed by atoms with Gasteiger partial charge in [0.15, 0.2) is 29.2 Å². The Balaban J connectivity index is 1.70. The average Bonchev–Trinajstić information content (AvgIpc) is 2.93. The summed E-state index contributed by atoms with van der Waals surface area (Å²) in [5.74, 6) is 1.31. The third kappa shape index (κ3) is 7.57. The predicted octanol–water partition coefficient (Wildman–Crippen LogP) is 3.38. The average molecular weight is 621 g/mol. The third-order valence-electron chi connectivity index (χ3n) is 5.68. The number of urea groups is 1. The molecule has 2 aromatic rings. The third-order valence-corrected chi connectivity index (χ3v) is 6.37. The first-order valence-electron chi connectivity index (χ1n) is 12.4.